The molecule has 0 spiro atoms. The van der Waals surface area contributed by atoms with E-state index < -0.39 is 0 Å². The zero-order valence-electron chi connectivity index (χ0n) is 15.8. The Kier molecular flexibility index (Phi) is 4.72. The first-order valence-electron chi connectivity index (χ1n) is 9.06. The molecule has 4 aromatic rings. The minimum Gasteiger partial charge on any atom is -0.320 e. The summed E-state index contributed by atoms with van der Waals surface area (Å²) >= 11 is 0. The van der Waals surface area contributed by atoms with E-state index >= 15 is 0 Å². The zero-order chi connectivity index (χ0) is 19.5. The maximum atomic E-state index is 12.9. The Labute approximate surface area is 163 Å². The van der Waals surface area contributed by atoms with Crippen molar-refractivity contribution in [1.82, 2.24) is 14.8 Å². The lowest BCUT2D eigenvalue weighted by atomic mass is 10.1. The van der Waals surface area contributed by atoms with Gasteiger partial charge >= 0.3 is 0 Å². The van der Waals surface area contributed by atoms with Crippen molar-refractivity contribution in [3.63, 3.8) is 0 Å². The van der Waals surface area contributed by atoms with Crippen LogP contribution in [-0.4, -0.2) is 20.7 Å². The molecule has 2 aromatic heterocycles. The number of amides is 1. The van der Waals surface area contributed by atoms with Gasteiger partial charge in [0.1, 0.15) is 0 Å². The average molecular weight is 368 g/mol. The smallest absolute Gasteiger partial charge is 0.276 e. The van der Waals surface area contributed by atoms with E-state index in [0.29, 0.717) is 5.69 Å². The minimum atomic E-state index is -0.242. The Morgan fingerprint density at radius 2 is 1.79 bits per heavy atom. The van der Waals surface area contributed by atoms with Crippen LogP contribution in [0.2, 0.25) is 0 Å². The molecule has 5 heteroatoms. The highest BCUT2D eigenvalue weighted by Gasteiger charge is 2.17. The summed E-state index contributed by atoms with van der Waals surface area (Å²) in [6, 6.07) is 21.4. The van der Waals surface area contributed by atoms with E-state index in [0.717, 1.165) is 33.8 Å². The number of carbonyl (C=O) groups excluding carboxylic acids is 1. The van der Waals surface area contributed by atoms with E-state index in [1.807, 2.05) is 74.5 Å². The number of carbonyl (C=O) groups is 1. The molecule has 1 amide bonds. The molecular formula is C23H20N4O. The zero-order valence-corrected chi connectivity index (χ0v) is 15.8. The number of anilines is 1. The first-order chi connectivity index (χ1) is 13.6. The van der Waals surface area contributed by atoms with Crippen molar-refractivity contribution in [2.24, 2.45) is 0 Å². The third-order valence-corrected chi connectivity index (χ3v) is 4.54. The summed E-state index contributed by atoms with van der Waals surface area (Å²) in [5.41, 5.74) is 5.83. The summed E-state index contributed by atoms with van der Waals surface area (Å²) in [7, 11) is 0. The maximum absolute atomic E-state index is 12.9. The monoisotopic (exact) mass is 368 g/mol. The normalized spacial score (nSPS) is 10.6. The second-order valence-corrected chi connectivity index (χ2v) is 6.68. The van der Waals surface area contributed by atoms with Crippen LogP contribution in [0.1, 0.15) is 21.6 Å². The summed E-state index contributed by atoms with van der Waals surface area (Å²) in [6.07, 6.45) is 3.49. The van der Waals surface area contributed by atoms with Gasteiger partial charge in [-0.1, -0.05) is 30.3 Å². The van der Waals surface area contributed by atoms with Crippen LogP contribution in [0.3, 0.4) is 0 Å². The van der Waals surface area contributed by atoms with Gasteiger partial charge in [-0.25, -0.2) is 4.68 Å². The molecule has 0 aliphatic carbocycles. The van der Waals surface area contributed by atoms with Crippen molar-refractivity contribution >= 4 is 11.6 Å². The molecule has 2 aromatic carbocycles. The number of nitrogens with zero attached hydrogens (tertiary/aromatic N) is 3. The van der Waals surface area contributed by atoms with Crippen molar-refractivity contribution in [3.05, 3.63) is 95.9 Å². The highest BCUT2D eigenvalue weighted by atomic mass is 16.2. The number of benzene rings is 2. The van der Waals surface area contributed by atoms with E-state index in [9.17, 15) is 4.79 Å². The number of pyridine rings is 1. The van der Waals surface area contributed by atoms with Crippen molar-refractivity contribution in [2.75, 3.05) is 5.32 Å². The molecular weight excluding hydrogens is 348 g/mol. The molecule has 0 radical (unpaired) electrons. The first-order valence-corrected chi connectivity index (χ1v) is 9.06. The second kappa shape index (κ2) is 7.48. The fourth-order valence-electron chi connectivity index (χ4n) is 3.03. The third-order valence-electron chi connectivity index (χ3n) is 4.54. The molecule has 2 heterocycles. The summed E-state index contributed by atoms with van der Waals surface area (Å²) in [6.45, 7) is 3.97. The predicted molar refractivity (Wildman–Crippen MR) is 111 cm³/mol. The second-order valence-electron chi connectivity index (χ2n) is 6.68. The molecule has 0 aliphatic rings. The van der Waals surface area contributed by atoms with Gasteiger partial charge < -0.3 is 5.32 Å². The van der Waals surface area contributed by atoms with E-state index in [1.165, 1.54) is 0 Å². The molecule has 5 nitrogen and oxygen atoms in total. The van der Waals surface area contributed by atoms with Crippen LogP contribution in [0.15, 0.2) is 79.1 Å². The topological polar surface area (TPSA) is 59.8 Å². The third kappa shape index (κ3) is 3.55. The highest BCUT2D eigenvalue weighted by molar-refractivity contribution is 6.04. The van der Waals surface area contributed by atoms with Crippen LogP contribution in [-0.2, 0) is 0 Å². The quantitative estimate of drug-likeness (QED) is 0.563. The van der Waals surface area contributed by atoms with Gasteiger partial charge in [0.25, 0.3) is 5.91 Å². The van der Waals surface area contributed by atoms with E-state index in [4.69, 9.17) is 0 Å². The predicted octanol–water partition coefficient (Wildman–Crippen LogP) is 4.80. The van der Waals surface area contributed by atoms with Crippen LogP contribution in [0, 0.1) is 13.8 Å². The lowest BCUT2D eigenvalue weighted by molar-refractivity contribution is 0.102. The molecule has 0 aliphatic heterocycles. The van der Waals surface area contributed by atoms with Gasteiger partial charge in [0.2, 0.25) is 0 Å². The summed E-state index contributed by atoms with van der Waals surface area (Å²) in [4.78, 5) is 17.1. The molecule has 0 fully saturated rings. The fraction of sp³-hybridized carbons (Fsp3) is 0.0870. The fourth-order valence-corrected chi connectivity index (χ4v) is 3.03. The molecule has 0 saturated carbocycles. The highest BCUT2D eigenvalue weighted by Crippen LogP contribution is 2.24. The largest absolute Gasteiger partial charge is 0.320 e. The van der Waals surface area contributed by atoms with Gasteiger partial charge in [-0.15, -0.1) is 0 Å². The minimum absolute atomic E-state index is 0.242. The van der Waals surface area contributed by atoms with Crippen molar-refractivity contribution in [2.45, 2.75) is 13.8 Å². The summed E-state index contributed by atoms with van der Waals surface area (Å²) in [5.74, 6) is -0.242. The van der Waals surface area contributed by atoms with Crippen molar-refractivity contribution in [1.29, 1.82) is 0 Å². The van der Waals surface area contributed by atoms with Gasteiger partial charge in [0, 0.05) is 23.6 Å². The molecule has 28 heavy (non-hydrogen) atoms. The Hall–Kier alpha value is -3.73. The van der Waals surface area contributed by atoms with Crippen molar-refractivity contribution < 1.29 is 4.79 Å². The Balaban J connectivity index is 1.75. The van der Waals surface area contributed by atoms with Crippen LogP contribution >= 0.6 is 0 Å². The first kappa shape index (κ1) is 17.7. The summed E-state index contributed by atoms with van der Waals surface area (Å²) < 4.78 is 1.77. The average Bonchev–Trinajstić information content (AvgIpc) is 3.18. The van der Waals surface area contributed by atoms with Gasteiger partial charge in [-0.05, 0) is 61.4 Å². The number of hydrogen-bond acceptors (Lipinski definition) is 3. The molecule has 1 N–H and O–H groups in total. The van der Waals surface area contributed by atoms with E-state index in [-0.39, 0.29) is 5.91 Å². The number of aryl methyl sites for hydroxylation is 2. The lowest BCUT2D eigenvalue weighted by Crippen LogP contribution is -2.14. The van der Waals surface area contributed by atoms with E-state index in [1.54, 1.807) is 23.1 Å². The molecule has 4 rings (SSSR count). The standard InChI is InChI=1S/C23H20N4O/c1-16-10-11-17(2)20(13-16)25-23(28)21-14-22(18-7-6-12-24-15-18)27(26-21)19-8-4-3-5-9-19/h3-15H,1-2H3,(H,25,28). The molecule has 0 saturated heterocycles. The SMILES string of the molecule is Cc1ccc(C)c(NC(=O)c2cc(-c3cccnc3)n(-c3ccccc3)n2)c1. The number of para-hydroxylation sites is 1. The Morgan fingerprint density at radius 3 is 2.54 bits per heavy atom. The van der Waals surface area contributed by atoms with Crippen LogP contribution < -0.4 is 5.32 Å². The molecule has 0 bridgehead atoms. The Morgan fingerprint density at radius 1 is 0.964 bits per heavy atom. The lowest BCUT2D eigenvalue weighted by Gasteiger charge is -2.08. The van der Waals surface area contributed by atoms with Gasteiger partial charge in [-0.2, -0.15) is 5.10 Å². The van der Waals surface area contributed by atoms with Gasteiger partial charge in [-0.3, -0.25) is 9.78 Å². The number of hydrogen-bond donors (Lipinski definition) is 1. The maximum Gasteiger partial charge on any atom is 0.276 e. The molecule has 0 unspecified atom stereocenters. The van der Waals surface area contributed by atoms with Crippen LogP contribution in [0.4, 0.5) is 5.69 Å². The Bertz CT molecular complexity index is 1060. The van der Waals surface area contributed by atoms with Crippen molar-refractivity contribution in [3.8, 4) is 16.9 Å². The van der Waals surface area contributed by atoms with Gasteiger partial charge in [0.05, 0.1) is 11.4 Å². The molecule has 138 valence electrons. The number of aromatic nitrogens is 3. The number of rotatable bonds is 4. The van der Waals surface area contributed by atoms with E-state index in [2.05, 4.69) is 15.4 Å². The van der Waals surface area contributed by atoms with Gasteiger partial charge in [0.15, 0.2) is 5.69 Å². The number of nitrogens with one attached hydrogen (secondary N) is 1. The van der Waals surface area contributed by atoms with Crippen LogP contribution in [0.5, 0.6) is 0 Å². The summed E-state index contributed by atoms with van der Waals surface area (Å²) in [5, 5.41) is 7.56. The van der Waals surface area contributed by atoms with Crippen LogP contribution in [0.25, 0.3) is 16.9 Å². The molecule has 0 atom stereocenters.